The van der Waals surface area contributed by atoms with Crippen LogP contribution in [0.4, 0.5) is 0 Å². The van der Waals surface area contributed by atoms with Crippen LogP contribution in [0.5, 0.6) is 23.0 Å². The van der Waals surface area contributed by atoms with Crippen molar-refractivity contribution >= 4 is 48.3 Å². The molecule has 0 N–H and O–H groups in total. The Bertz CT molecular complexity index is 1310. The van der Waals surface area contributed by atoms with Crippen LogP contribution in [-0.4, -0.2) is 10.2 Å². The molecule has 4 aromatic carbocycles. The van der Waals surface area contributed by atoms with Gasteiger partial charge in [-0.3, -0.25) is 0 Å². The average Bonchev–Trinajstić information content (AvgIpc) is 3.35. The van der Waals surface area contributed by atoms with Gasteiger partial charge in [0.15, 0.2) is 0 Å². The molecule has 7 heteroatoms. The maximum absolute atomic E-state index is 6.51. The Kier molecular flexibility index (Phi) is 4.33. The van der Waals surface area contributed by atoms with Gasteiger partial charge in [-0.25, -0.2) is 0 Å². The molecule has 0 saturated carbocycles. The third-order valence-electron chi connectivity index (χ3n) is 5.65. The largest absolute Gasteiger partial charge is 0.456 e. The van der Waals surface area contributed by atoms with E-state index >= 15 is 0 Å². The van der Waals surface area contributed by atoms with Crippen LogP contribution in [0.25, 0.3) is 0 Å². The fourth-order valence-corrected chi connectivity index (χ4v) is 8.55. The number of fused-ring (bicyclic) bond motifs is 4. The van der Waals surface area contributed by atoms with Crippen molar-refractivity contribution < 1.29 is 13.9 Å². The first-order valence-electron chi connectivity index (χ1n) is 10.5. The molecule has 0 spiro atoms. The van der Waals surface area contributed by atoms with Crippen LogP contribution in [0.1, 0.15) is 0 Å². The molecule has 0 radical (unpaired) electrons. The van der Waals surface area contributed by atoms with Crippen LogP contribution in [-0.2, 0) is 0 Å². The zero-order valence-corrected chi connectivity index (χ0v) is 19.0. The topological polar surface area (TPSA) is 57.4 Å². The lowest BCUT2D eigenvalue weighted by Gasteiger charge is -2.26. The van der Waals surface area contributed by atoms with Gasteiger partial charge in [0.25, 0.3) is 0 Å². The van der Waals surface area contributed by atoms with Crippen LogP contribution >= 0.6 is 15.8 Å². The van der Waals surface area contributed by atoms with Gasteiger partial charge in [0.2, 0.25) is 11.3 Å². The fourth-order valence-electron chi connectivity index (χ4n) is 4.21. The minimum absolute atomic E-state index is 0.632. The number of nitrogens with zero attached hydrogens (tertiary/aromatic N) is 2. The summed E-state index contributed by atoms with van der Waals surface area (Å²) in [7, 11) is -2.04. The summed E-state index contributed by atoms with van der Waals surface area (Å²) in [4.78, 5) is 0. The zero-order valence-electron chi connectivity index (χ0n) is 17.3. The maximum Gasteiger partial charge on any atom is 0.247 e. The fraction of sp³-hybridized carbons (Fsp3) is 0. The summed E-state index contributed by atoms with van der Waals surface area (Å²) < 4.78 is 18.8. The molecule has 2 aliphatic rings. The van der Waals surface area contributed by atoms with E-state index in [0.29, 0.717) is 11.3 Å². The highest BCUT2D eigenvalue weighted by Crippen LogP contribution is 2.46. The van der Waals surface area contributed by atoms with Crippen molar-refractivity contribution in [2.45, 2.75) is 0 Å². The summed E-state index contributed by atoms with van der Waals surface area (Å²) in [6, 6.07) is 32.4. The van der Waals surface area contributed by atoms with Gasteiger partial charge in [-0.05, 0) is 48.5 Å². The lowest BCUT2D eigenvalue weighted by Crippen LogP contribution is -2.28. The molecule has 33 heavy (non-hydrogen) atoms. The normalized spacial score (nSPS) is 14.3. The van der Waals surface area contributed by atoms with Gasteiger partial charge in [-0.15, -0.1) is 10.2 Å². The van der Waals surface area contributed by atoms with Gasteiger partial charge in [0, 0.05) is 21.2 Å². The molecule has 0 aliphatic carbocycles. The number of benzene rings is 4. The van der Waals surface area contributed by atoms with Crippen molar-refractivity contribution in [3.63, 3.8) is 0 Å². The standard InChI is InChI=1S/C26H16N2O3P2/c1-5-13-21-17(9-1)29-18-10-2-6-14-22(18)32(21)25-27-28-26(31-25)33-23-15-7-3-11-19(23)30-20-12-4-8-16-24(20)33/h1-16H. The van der Waals surface area contributed by atoms with Crippen LogP contribution in [0, 0.1) is 0 Å². The van der Waals surface area contributed by atoms with E-state index in [2.05, 4.69) is 34.5 Å². The monoisotopic (exact) mass is 466 g/mol. The van der Waals surface area contributed by atoms with Crippen LogP contribution in [0.3, 0.4) is 0 Å². The molecule has 0 unspecified atom stereocenters. The van der Waals surface area contributed by atoms with Crippen molar-refractivity contribution in [3.05, 3.63) is 97.1 Å². The van der Waals surface area contributed by atoms with E-state index in [0.717, 1.165) is 44.2 Å². The molecule has 0 bridgehead atoms. The number of hydrogen-bond donors (Lipinski definition) is 0. The third-order valence-corrected chi connectivity index (χ3v) is 10.2. The predicted molar refractivity (Wildman–Crippen MR) is 132 cm³/mol. The van der Waals surface area contributed by atoms with Crippen molar-refractivity contribution in [1.29, 1.82) is 0 Å². The van der Waals surface area contributed by atoms with Gasteiger partial charge in [-0.2, -0.15) is 0 Å². The summed E-state index contributed by atoms with van der Waals surface area (Å²) in [5, 5.41) is 13.5. The van der Waals surface area contributed by atoms with Crippen molar-refractivity contribution in [1.82, 2.24) is 10.2 Å². The third kappa shape index (κ3) is 3.01. The maximum atomic E-state index is 6.51. The lowest BCUT2D eigenvalue weighted by molar-refractivity contribution is 0.488. The Balaban J connectivity index is 1.39. The highest BCUT2D eigenvalue weighted by molar-refractivity contribution is 7.80. The lowest BCUT2D eigenvalue weighted by atomic mass is 10.3. The molecule has 5 nitrogen and oxygen atoms in total. The van der Waals surface area contributed by atoms with Crippen molar-refractivity contribution in [3.8, 4) is 23.0 Å². The van der Waals surface area contributed by atoms with E-state index in [-0.39, 0.29) is 0 Å². The summed E-state index contributed by atoms with van der Waals surface area (Å²) in [5.41, 5.74) is 1.26. The summed E-state index contributed by atoms with van der Waals surface area (Å²) in [6.45, 7) is 0. The van der Waals surface area contributed by atoms with E-state index in [4.69, 9.17) is 13.9 Å². The highest BCUT2D eigenvalue weighted by Gasteiger charge is 2.36. The summed E-state index contributed by atoms with van der Waals surface area (Å²) in [6.07, 6.45) is 0. The molecule has 2 aliphatic heterocycles. The minimum Gasteiger partial charge on any atom is -0.456 e. The number of ether oxygens (including phenoxy) is 2. The Morgan fingerprint density at radius 1 is 0.424 bits per heavy atom. The molecule has 0 amide bonds. The summed E-state index contributed by atoms with van der Waals surface area (Å²) in [5.74, 6) is 3.37. The van der Waals surface area contributed by atoms with E-state index in [9.17, 15) is 0 Å². The van der Waals surface area contributed by atoms with Gasteiger partial charge >= 0.3 is 0 Å². The molecular weight excluding hydrogens is 450 g/mol. The van der Waals surface area contributed by atoms with Gasteiger partial charge < -0.3 is 13.9 Å². The van der Waals surface area contributed by atoms with Crippen LogP contribution in [0.15, 0.2) is 101 Å². The Labute approximate surface area is 192 Å². The second kappa shape index (κ2) is 7.52. The molecule has 7 rings (SSSR count). The number of hydrogen-bond acceptors (Lipinski definition) is 5. The Hall–Kier alpha value is -3.52. The quantitative estimate of drug-likeness (QED) is 0.363. The van der Waals surface area contributed by atoms with Gasteiger partial charge in [0.05, 0.1) is 15.8 Å². The van der Waals surface area contributed by atoms with Crippen LogP contribution in [0.2, 0.25) is 0 Å². The molecule has 0 saturated heterocycles. The second-order valence-electron chi connectivity index (χ2n) is 7.61. The van der Waals surface area contributed by atoms with Gasteiger partial charge in [0.1, 0.15) is 23.0 Å². The Morgan fingerprint density at radius 3 is 1.06 bits per heavy atom. The number of aromatic nitrogens is 2. The van der Waals surface area contributed by atoms with Crippen molar-refractivity contribution in [2.75, 3.05) is 0 Å². The molecule has 0 fully saturated rings. The summed E-state index contributed by atoms with van der Waals surface area (Å²) >= 11 is 0. The molecular formula is C26H16N2O3P2. The SMILES string of the molecule is c1ccc2c(c1)Oc1ccccc1P2c1nnc(P2c3ccccc3Oc3ccccc32)o1. The van der Waals surface area contributed by atoms with E-state index in [1.54, 1.807) is 0 Å². The number of para-hydroxylation sites is 4. The van der Waals surface area contributed by atoms with E-state index < -0.39 is 15.8 Å². The molecule has 3 heterocycles. The first-order chi connectivity index (χ1) is 16.4. The number of rotatable bonds is 2. The molecule has 0 atom stereocenters. The zero-order chi connectivity index (χ0) is 21.8. The molecule has 158 valence electrons. The first kappa shape index (κ1) is 19.0. The molecule has 1 aromatic heterocycles. The highest BCUT2D eigenvalue weighted by atomic mass is 31.1. The second-order valence-corrected chi connectivity index (χ2v) is 11.6. The predicted octanol–water partition coefficient (Wildman–Crippen LogP) is 3.80. The van der Waals surface area contributed by atoms with E-state index in [1.165, 1.54) is 0 Å². The van der Waals surface area contributed by atoms with E-state index in [1.807, 2.05) is 72.8 Å². The first-order valence-corrected chi connectivity index (χ1v) is 13.2. The minimum atomic E-state index is -1.02. The van der Waals surface area contributed by atoms with Gasteiger partial charge in [-0.1, -0.05) is 48.5 Å². The van der Waals surface area contributed by atoms with Crippen LogP contribution < -0.4 is 42.0 Å². The average molecular weight is 466 g/mol. The molecule has 5 aromatic rings. The Morgan fingerprint density at radius 2 is 0.727 bits per heavy atom. The van der Waals surface area contributed by atoms with Crippen molar-refractivity contribution in [2.24, 2.45) is 0 Å². The smallest absolute Gasteiger partial charge is 0.247 e.